The van der Waals surface area contributed by atoms with Crippen molar-refractivity contribution in [2.45, 2.75) is 57.5 Å². The fraction of sp³-hybridized carbons (Fsp3) is 1.00. The Morgan fingerprint density at radius 2 is 1.62 bits per heavy atom. The molecular formula is C13H27NOS. The van der Waals surface area contributed by atoms with E-state index in [-0.39, 0.29) is 6.10 Å². The molecule has 1 atom stereocenters. The third-order valence-corrected chi connectivity index (χ3v) is 3.70. The first kappa shape index (κ1) is 14.3. The van der Waals surface area contributed by atoms with Crippen LogP contribution in [0.15, 0.2) is 0 Å². The average Bonchev–Trinajstić information content (AvgIpc) is 2.68. The van der Waals surface area contributed by atoms with Gasteiger partial charge in [0.15, 0.2) is 0 Å². The number of hydrogen-bond donors (Lipinski definition) is 2. The third kappa shape index (κ3) is 6.77. The normalized spacial score (nSPS) is 21.8. The van der Waals surface area contributed by atoms with Crippen LogP contribution in [0, 0.1) is 0 Å². The lowest BCUT2D eigenvalue weighted by molar-refractivity contribution is 0.175. The Labute approximate surface area is 106 Å². The van der Waals surface area contributed by atoms with Gasteiger partial charge in [0, 0.05) is 13.1 Å². The Kier molecular flexibility index (Phi) is 8.34. The molecule has 96 valence electrons. The van der Waals surface area contributed by atoms with Gasteiger partial charge in [0.25, 0.3) is 0 Å². The number of hydrogen-bond acceptors (Lipinski definition) is 3. The van der Waals surface area contributed by atoms with Crippen molar-refractivity contribution in [1.29, 1.82) is 0 Å². The van der Waals surface area contributed by atoms with Crippen LogP contribution in [0.1, 0.15) is 51.4 Å². The number of unbranched alkanes of at least 4 members (excludes halogenated alkanes) is 6. The highest BCUT2D eigenvalue weighted by atomic mass is 32.1. The van der Waals surface area contributed by atoms with E-state index in [4.69, 9.17) is 0 Å². The summed E-state index contributed by atoms with van der Waals surface area (Å²) in [4.78, 5) is 2.39. The van der Waals surface area contributed by atoms with Crippen molar-refractivity contribution in [3.05, 3.63) is 0 Å². The van der Waals surface area contributed by atoms with Crippen molar-refractivity contribution in [2.75, 3.05) is 25.4 Å². The third-order valence-electron chi connectivity index (χ3n) is 3.38. The van der Waals surface area contributed by atoms with Crippen LogP contribution in [-0.4, -0.2) is 41.5 Å². The molecule has 1 rings (SSSR count). The van der Waals surface area contributed by atoms with Crippen LogP contribution >= 0.6 is 12.6 Å². The SMILES string of the molecule is OC1CCN(CCCCCCCCCS)C1. The van der Waals surface area contributed by atoms with E-state index in [1.807, 2.05) is 0 Å². The Balaban J connectivity index is 1.78. The molecule has 0 saturated carbocycles. The van der Waals surface area contributed by atoms with E-state index in [9.17, 15) is 5.11 Å². The summed E-state index contributed by atoms with van der Waals surface area (Å²) in [7, 11) is 0. The molecule has 0 aromatic carbocycles. The number of thiol groups is 1. The van der Waals surface area contributed by atoms with E-state index in [1.54, 1.807) is 0 Å². The van der Waals surface area contributed by atoms with E-state index in [0.717, 1.165) is 25.3 Å². The minimum Gasteiger partial charge on any atom is -0.392 e. The molecule has 0 amide bonds. The molecule has 1 aliphatic rings. The van der Waals surface area contributed by atoms with E-state index >= 15 is 0 Å². The molecule has 0 aromatic rings. The molecule has 0 spiro atoms. The zero-order valence-corrected chi connectivity index (χ0v) is 11.3. The summed E-state index contributed by atoms with van der Waals surface area (Å²) in [6, 6.07) is 0. The van der Waals surface area contributed by atoms with Crippen molar-refractivity contribution < 1.29 is 5.11 Å². The molecular weight excluding hydrogens is 218 g/mol. The summed E-state index contributed by atoms with van der Waals surface area (Å²) in [5, 5.41) is 9.37. The molecule has 16 heavy (non-hydrogen) atoms. The van der Waals surface area contributed by atoms with E-state index in [1.165, 1.54) is 51.5 Å². The minimum atomic E-state index is -0.0544. The predicted molar refractivity (Wildman–Crippen MR) is 73.2 cm³/mol. The molecule has 2 nitrogen and oxygen atoms in total. The lowest BCUT2D eigenvalue weighted by Gasteiger charge is -2.14. The lowest BCUT2D eigenvalue weighted by atomic mass is 10.1. The molecule has 1 unspecified atom stereocenters. The first-order valence-corrected chi connectivity index (χ1v) is 7.47. The van der Waals surface area contributed by atoms with Crippen molar-refractivity contribution in [3.8, 4) is 0 Å². The summed E-state index contributed by atoms with van der Waals surface area (Å²) < 4.78 is 0. The fourth-order valence-corrected chi connectivity index (χ4v) is 2.57. The van der Waals surface area contributed by atoms with Crippen LogP contribution in [0.3, 0.4) is 0 Å². The largest absolute Gasteiger partial charge is 0.392 e. The maximum atomic E-state index is 9.37. The molecule has 0 bridgehead atoms. The van der Waals surface area contributed by atoms with Gasteiger partial charge in [0.1, 0.15) is 0 Å². The molecule has 1 aliphatic heterocycles. The van der Waals surface area contributed by atoms with Gasteiger partial charge in [-0.3, -0.25) is 0 Å². The van der Waals surface area contributed by atoms with Crippen LogP contribution in [0.5, 0.6) is 0 Å². The molecule has 1 saturated heterocycles. The average molecular weight is 245 g/mol. The summed E-state index contributed by atoms with van der Waals surface area (Å²) in [5.74, 6) is 1.04. The molecule has 1 heterocycles. The van der Waals surface area contributed by atoms with Gasteiger partial charge < -0.3 is 10.0 Å². The van der Waals surface area contributed by atoms with Crippen LogP contribution in [0.4, 0.5) is 0 Å². The summed E-state index contributed by atoms with van der Waals surface area (Å²) in [5.41, 5.74) is 0. The fourth-order valence-electron chi connectivity index (χ4n) is 2.35. The summed E-state index contributed by atoms with van der Waals surface area (Å²) in [6.07, 6.45) is 10.3. The quantitative estimate of drug-likeness (QED) is 0.482. The van der Waals surface area contributed by atoms with Crippen molar-refractivity contribution in [1.82, 2.24) is 4.90 Å². The maximum Gasteiger partial charge on any atom is 0.0679 e. The monoisotopic (exact) mass is 245 g/mol. The number of likely N-dealkylation sites (tertiary alicyclic amines) is 1. The number of β-amino-alcohol motifs (C(OH)–C–C–N with tert-alkyl or cyclic N) is 1. The smallest absolute Gasteiger partial charge is 0.0679 e. The number of aliphatic hydroxyl groups excluding tert-OH is 1. The second-order valence-electron chi connectivity index (χ2n) is 4.94. The van der Waals surface area contributed by atoms with Gasteiger partial charge in [0.05, 0.1) is 6.10 Å². The van der Waals surface area contributed by atoms with Gasteiger partial charge in [0.2, 0.25) is 0 Å². The topological polar surface area (TPSA) is 23.5 Å². The second-order valence-corrected chi connectivity index (χ2v) is 5.39. The number of aliphatic hydroxyl groups is 1. The molecule has 0 radical (unpaired) electrons. The summed E-state index contributed by atoms with van der Waals surface area (Å²) in [6.45, 7) is 3.19. The van der Waals surface area contributed by atoms with Crippen molar-refractivity contribution in [2.24, 2.45) is 0 Å². The van der Waals surface area contributed by atoms with Crippen LogP contribution in [-0.2, 0) is 0 Å². The first-order chi connectivity index (χ1) is 7.83. The van der Waals surface area contributed by atoms with E-state index in [2.05, 4.69) is 17.5 Å². The molecule has 3 heteroatoms. The lowest BCUT2D eigenvalue weighted by Crippen LogP contribution is -2.23. The Morgan fingerprint density at radius 3 is 2.19 bits per heavy atom. The zero-order chi connectivity index (χ0) is 11.6. The van der Waals surface area contributed by atoms with Gasteiger partial charge in [-0.05, 0) is 31.6 Å². The highest BCUT2D eigenvalue weighted by Crippen LogP contribution is 2.12. The predicted octanol–water partition coefficient (Wildman–Crippen LogP) is 2.71. The highest BCUT2D eigenvalue weighted by molar-refractivity contribution is 7.80. The number of rotatable bonds is 9. The zero-order valence-electron chi connectivity index (χ0n) is 10.4. The second kappa shape index (κ2) is 9.32. The van der Waals surface area contributed by atoms with Crippen LogP contribution < -0.4 is 0 Å². The van der Waals surface area contributed by atoms with Crippen LogP contribution in [0.2, 0.25) is 0 Å². The van der Waals surface area contributed by atoms with Gasteiger partial charge in [-0.25, -0.2) is 0 Å². The van der Waals surface area contributed by atoms with Gasteiger partial charge >= 0.3 is 0 Å². The number of nitrogens with zero attached hydrogens (tertiary/aromatic N) is 1. The molecule has 1 N–H and O–H groups in total. The summed E-state index contributed by atoms with van der Waals surface area (Å²) >= 11 is 4.21. The van der Waals surface area contributed by atoms with Crippen LogP contribution in [0.25, 0.3) is 0 Å². The van der Waals surface area contributed by atoms with Gasteiger partial charge in [-0.15, -0.1) is 0 Å². The highest BCUT2D eigenvalue weighted by Gasteiger charge is 2.18. The maximum absolute atomic E-state index is 9.37. The van der Waals surface area contributed by atoms with Crippen molar-refractivity contribution >= 4 is 12.6 Å². The standard InChI is InChI=1S/C13H27NOS/c15-13-8-10-14(12-13)9-6-4-2-1-3-5-7-11-16/h13,15-16H,1-12H2. The van der Waals surface area contributed by atoms with Gasteiger partial charge in [-0.1, -0.05) is 32.1 Å². The Bertz CT molecular complexity index is 166. The minimum absolute atomic E-state index is 0.0544. The first-order valence-electron chi connectivity index (χ1n) is 6.84. The molecule has 1 fully saturated rings. The van der Waals surface area contributed by atoms with E-state index in [0.29, 0.717) is 0 Å². The van der Waals surface area contributed by atoms with E-state index < -0.39 is 0 Å². The van der Waals surface area contributed by atoms with Gasteiger partial charge in [-0.2, -0.15) is 12.6 Å². The van der Waals surface area contributed by atoms with Crippen molar-refractivity contribution in [3.63, 3.8) is 0 Å². The molecule has 0 aromatic heterocycles. The Morgan fingerprint density at radius 1 is 1.00 bits per heavy atom. The molecule has 0 aliphatic carbocycles. The Hall–Kier alpha value is 0.270.